The van der Waals surface area contributed by atoms with Gasteiger partial charge < -0.3 is 9.64 Å². The van der Waals surface area contributed by atoms with Crippen LogP contribution in [0.5, 0.6) is 0 Å². The molecular weight excluding hydrogens is 445 g/mol. The van der Waals surface area contributed by atoms with Gasteiger partial charge in [-0.3, -0.25) is 9.48 Å². The number of carbonyl (C=O) groups excluding carboxylic acids is 2. The zero-order valence-electron chi connectivity index (χ0n) is 18.3. The van der Waals surface area contributed by atoms with Crippen LogP contribution in [0, 0.1) is 5.41 Å². The quantitative estimate of drug-likeness (QED) is 0.584. The van der Waals surface area contributed by atoms with Gasteiger partial charge in [0.1, 0.15) is 6.54 Å². The molecule has 2 aromatic rings. The molecule has 32 heavy (non-hydrogen) atoms. The minimum atomic E-state index is -4.53. The number of nitrogens with zero attached hydrogens (tertiary/aromatic N) is 4. The molecule has 1 amide bonds. The number of ether oxygens (including phenoxy) is 1. The molecule has 0 aliphatic carbocycles. The third-order valence-electron chi connectivity index (χ3n) is 5.24. The fraction of sp³-hybridized carbons (Fsp3) is 0.619. The number of amides is 1. The Labute approximate surface area is 188 Å². The van der Waals surface area contributed by atoms with E-state index in [1.54, 1.807) is 10.3 Å². The first-order valence-corrected chi connectivity index (χ1v) is 11.3. The molecule has 7 nitrogen and oxygen atoms in total. The van der Waals surface area contributed by atoms with Crippen molar-refractivity contribution in [1.29, 1.82) is 0 Å². The second kappa shape index (κ2) is 9.60. The zero-order valence-corrected chi connectivity index (χ0v) is 19.1. The summed E-state index contributed by atoms with van der Waals surface area (Å²) in [5.41, 5.74) is -0.631. The van der Waals surface area contributed by atoms with Gasteiger partial charge in [0.05, 0.1) is 11.6 Å². The maximum atomic E-state index is 12.7. The lowest BCUT2D eigenvalue weighted by molar-refractivity contribution is -0.142. The zero-order chi connectivity index (χ0) is 23.5. The van der Waals surface area contributed by atoms with Crippen LogP contribution in [0.3, 0.4) is 0 Å². The number of carbonyl (C=O) groups is 2. The maximum Gasteiger partial charge on any atom is 0.435 e. The average molecular weight is 473 g/mol. The number of hydrogen-bond acceptors (Lipinski definition) is 6. The van der Waals surface area contributed by atoms with Gasteiger partial charge in [0.15, 0.2) is 11.4 Å². The highest BCUT2D eigenvalue weighted by Crippen LogP contribution is 2.31. The molecule has 2 aromatic heterocycles. The lowest BCUT2D eigenvalue weighted by atomic mass is 9.93. The predicted molar refractivity (Wildman–Crippen MR) is 112 cm³/mol. The highest BCUT2D eigenvalue weighted by Gasteiger charge is 2.34. The van der Waals surface area contributed by atoms with Gasteiger partial charge in [-0.25, -0.2) is 9.78 Å². The number of esters is 1. The highest BCUT2D eigenvalue weighted by molar-refractivity contribution is 7.09. The number of piperidine rings is 1. The minimum absolute atomic E-state index is 0.0803. The highest BCUT2D eigenvalue weighted by atomic mass is 32.1. The van der Waals surface area contributed by atoms with Crippen LogP contribution in [-0.2, 0) is 22.3 Å². The van der Waals surface area contributed by atoms with Crippen LogP contribution in [0.2, 0.25) is 0 Å². The molecule has 1 aliphatic heterocycles. The standard InChI is InChI=1S/C21H27F3N4O3S/c1-20(2,3)7-11-31-19(30)15-13-32-18(25-15)14-4-8-27(9-5-14)17(29)12-28-10-6-16(26-28)21(22,23)24/h6,10,13-14H,4-5,7-9,11-12H2,1-3H3. The summed E-state index contributed by atoms with van der Waals surface area (Å²) >= 11 is 1.40. The summed E-state index contributed by atoms with van der Waals surface area (Å²) in [6.07, 6.45) is -1.27. The second-order valence-corrected chi connectivity index (χ2v) is 9.96. The number of thiazole rings is 1. The molecule has 1 fully saturated rings. The molecule has 176 valence electrons. The number of halogens is 3. The van der Waals surface area contributed by atoms with Crippen molar-refractivity contribution in [3.63, 3.8) is 0 Å². The Hall–Kier alpha value is -2.43. The van der Waals surface area contributed by atoms with Crippen LogP contribution >= 0.6 is 11.3 Å². The molecule has 1 aliphatic rings. The van der Waals surface area contributed by atoms with Crippen LogP contribution in [0.4, 0.5) is 13.2 Å². The largest absolute Gasteiger partial charge is 0.461 e. The Morgan fingerprint density at radius 3 is 2.50 bits per heavy atom. The SMILES string of the molecule is CC(C)(C)CCOC(=O)c1csc(C2CCN(C(=O)Cn3ccc(C(F)(F)F)n3)CC2)n1. The van der Waals surface area contributed by atoms with Crippen molar-refractivity contribution < 1.29 is 27.5 Å². The Morgan fingerprint density at radius 1 is 1.22 bits per heavy atom. The molecular formula is C21H27F3N4O3S. The third-order valence-corrected chi connectivity index (χ3v) is 6.25. The molecule has 0 bridgehead atoms. The first-order valence-electron chi connectivity index (χ1n) is 10.4. The molecule has 3 rings (SSSR count). The molecule has 0 spiro atoms. The second-order valence-electron chi connectivity index (χ2n) is 9.07. The lowest BCUT2D eigenvalue weighted by Crippen LogP contribution is -2.39. The topological polar surface area (TPSA) is 77.3 Å². The van der Waals surface area contributed by atoms with Gasteiger partial charge in [0, 0.05) is 30.6 Å². The Morgan fingerprint density at radius 2 is 1.91 bits per heavy atom. The molecule has 0 unspecified atom stereocenters. The van der Waals surface area contributed by atoms with Crippen molar-refractivity contribution in [3.8, 4) is 0 Å². The Bertz CT molecular complexity index is 941. The Balaban J connectivity index is 1.48. The van der Waals surface area contributed by atoms with E-state index in [9.17, 15) is 22.8 Å². The van der Waals surface area contributed by atoms with Gasteiger partial charge in [-0.15, -0.1) is 11.3 Å². The molecule has 11 heteroatoms. The van der Waals surface area contributed by atoms with Gasteiger partial charge in [-0.2, -0.15) is 18.3 Å². The van der Waals surface area contributed by atoms with Gasteiger partial charge in [-0.1, -0.05) is 20.8 Å². The Kier molecular flexibility index (Phi) is 7.26. The van der Waals surface area contributed by atoms with Crippen molar-refractivity contribution in [1.82, 2.24) is 19.7 Å². The van der Waals surface area contributed by atoms with Crippen molar-refractivity contribution in [2.45, 2.75) is 58.7 Å². The van der Waals surface area contributed by atoms with Gasteiger partial charge >= 0.3 is 12.1 Å². The number of rotatable bonds is 6. The van der Waals surface area contributed by atoms with Crippen LogP contribution < -0.4 is 0 Å². The molecule has 1 saturated heterocycles. The van der Waals surface area contributed by atoms with Crippen LogP contribution in [-0.4, -0.2) is 51.2 Å². The van der Waals surface area contributed by atoms with Crippen LogP contribution in [0.25, 0.3) is 0 Å². The van der Waals surface area contributed by atoms with E-state index < -0.39 is 17.8 Å². The number of alkyl halides is 3. The van der Waals surface area contributed by atoms with Crippen LogP contribution in [0.15, 0.2) is 17.6 Å². The first kappa shape index (κ1) is 24.2. The summed E-state index contributed by atoms with van der Waals surface area (Å²) in [6.45, 7) is 7.29. The van der Waals surface area contributed by atoms with E-state index in [2.05, 4.69) is 30.9 Å². The summed E-state index contributed by atoms with van der Waals surface area (Å²) in [5, 5.41) is 5.96. The van der Waals surface area contributed by atoms with E-state index in [-0.39, 0.29) is 23.8 Å². The minimum Gasteiger partial charge on any atom is -0.461 e. The van der Waals surface area contributed by atoms with E-state index >= 15 is 0 Å². The normalized spacial score (nSPS) is 15.8. The summed E-state index contributed by atoms with van der Waals surface area (Å²) in [4.78, 5) is 30.7. The van der Waals surface area contributed by atoms with Crippen molar-refractivity contribution in [2.75, 3.05) is 19.7 Å². The van der Waals surface area contributed by atoms with Crippen molar-refractivity contribution in [2.24, 2.45) is 5.41 Å². The monoisotopic (exact) mass is 472 g/mol. The van der Waals surface area contributed by atoms with E-state index in [0.717, 1.165) is 28.4 Å². The smallest absolute Gasteiger partial charge is 0.435 e. The van der Waals surface area contributed by atoms with E-state index in [1.165, 1.54) is 11.3 Å². The summed E-state index contributed by atoms with van der Waals surface area (Å²) in [7, 11) is 0. The fourth-order valence-electron chi connectivity index (χ4n) is 3.31. The average Bonchev–Trinajstić information content (AvgIpc) is 3.36. The molecule has 0 radical (unpaired) electrons. The van der Waals surface area contributed by atoms with E-state index in [0.29, 0.717) is 38.2 Å². The maximum absolute atomic E-state index is 12.7. The van der Waals surface area contributed by atoms with E-state index in [4.69, 9.17) is 4.74 Å². The van der Waals surface area contributed by atoms with E-state index in [1.807, 2.05) is 0 Å². The molecule has 0 atom stereocenters. The van der Waals surface area contributed by atoms with Crippen molar-refractivity contribution >= 4 is 23.2 Å². The fourth-order valence-corrected chi connectivity index (χ4v) is 4.27. The molecule has 0 N–H and O–H groups in total. The summed E-state index contributed by atoms with van der Waals surface area (Å²) in [5.74, 6) is -0.578. The molecule has 0 saturated carbocycles. The van der Waals surface area contributed by atoms with Crippen LogP contribution in [0.1, 0.15) is 67.1 Å². The van der Waals surface area contributed by atoms with Gasteiger partial charge in [0.25, 0.3) is 0 Å². The predicted octanol–water partition coefficient (Wildman–Crippen LogP) is 4.36. The van der Waals surface area contributed by atoms with Gasteiger partial charge in [-0.05, 0) is 30.7 Å². The summed E-state index contributed by atoms with van der Waals surface area (Å²) < 4.78 is 44.3. The number of aromatic nitrogens is 3. The first-order chi connectivity index (χ1) is 14.9. The lowest BCUT2D eigenvalue weighted by Gasteiger charge is -2.31. The number of hydrogen-bond donors (Lipinski definition) is 0. The van der Waals surface area contributed by atoms with Gasteiger partial charge in [0.2, 0.25) is 5.91 Å². The van der Waals surface area contributed by atoms with Crippen molar-refractivity contribution in [3.05, 3.63) is 34.0 Å². The molecule has 0 aromatic carbocycles. The summed E-state index contributed by atoms with van der Waals surface area (Å²) in [6, 6.07) is 0.855. The molecule has 3 heterocycles. The third kappa shape index (κ3) is 6.54. The number of likely N-dealkylation sites (tertiary alicyclic amines) is 1.